The number of esters is 1. The van der Waals surface area contributed by atoms with Crippen molar-refractivity contribution >= 4 is 16.7 Å². The second-order valence-corrected chi connectivity index (χ2v) is 4.97. The molecule has 5 heteroatoms. The highest BCUT2D eigenvalue weighted by atomic mass is 16.5. The van der Waals surface area contributed by atoms with Gasteiger partial charge in [0.2, 0.25) is 0 Å². The minimum Gasteiger partial charge on any atom is -0.466 e. The van der Waals surface area contributed by atoms with E-state index in [9.17, 15) is 4.79 Å². The third-order valence-electron chi connectivity index (χ3n) is 3.41. The Hall–Kier alpha value is -2.69. The van der Waals surface area contributed by atoms with Crippen molar-refractivity contribution in [2.75, 3.05) is 6.61 Å². The van der Waals surface area contributed by atoms with Crippen LogP contribution >= 0.6 is 0 Å². The van der Waals surface area contributed by atoms with Gasteiger partial charge in [-0.05, 0) is 23.8 Å². The topological polar surface area (TPSA) is 67.9 Å². The fourth-order valence-electron chi connectivity index (χ4n) is 2.32. The van der Waals surface area contributed by atoms with Crippen LogP contribution in [0.1, 0.15) is 19.2 Å². The average Bonchev–Trinajstić information content (AvgIpc) is 3.02. The van der Waals surface area contributed by atoms with E-state index in [0.29, 0.717) is 31.1 Å². The highest BCUT2D eigenvalue weighted by molar-refractivity contribution is 5.86. The van der Waals surface area contributed by atoms with Crippen molar-refractivity contribution in [1.82, 2.24) is 15.2 Å². The molecule has 0 aliphatic heterocycles. The van der Waals surface area contributed by atoms with E-state index in [1.54, 1.807) is 6.92 Å². The molecule has 0 fully saturated rings. The molecule has 0 saturated heterocycles. The number of hydrogen-bond acceptors (Lipinski definition) is 4. The molecule has 0 atom stereocenters. The summed E-state index contributed by atoms with van der Waals surface area (Å²) in [5.41, 5.74) is 0.956. The largest absolute Gasteiger partial charge is 0.466 e. The fraction of sp³-hybridized carbons (Fsp3) is 0.235. The number of aromatic nitrogens is 3. The van der Waals surface area contributed by atoms with E-state index >= 15 is 0 Å². The normalized spacial score (nSPS) is 10.8. The highest BCUT2D eigenvalue weighted by Gasteiger charge is 2.09. The number of nitrogens with one attached hydrogen (secondary N) is 1. The lowest BCUT2D eigenvalue weighted by molar-refractivity contribution is -0.143. The number of aromatic amines is 1. The molecule has 0 saturated carbocycles. The van der Waals surface area contributed by atoms with Gasteiger partial charge in [-0.3, -0.25) is 9.89 Å². The molecular weight excluding hydrogens is 278 g/mol. The molecule has 1 aromatic heterocycles. The molecule has 22 heavy (non-hydrogen) atoms. The van der Waals surface area contributed by atoms with E-state index < -0.39 is 0 Å². The monoisotopic (exact) mass is 295 g/mol. The second kappa shape index (κ2) is 6.39. The van der Waals surface area contributed by atoms with Gasteiger partial charge in [-0.15, -0.1) is 0 Å². The van der Waals surface area contributed by atoms with Gasteiger partial charge in [0.25, 0.3) is 0 Å². The van der Waals surface area contributed by atoms with Gasteiger partial charge in [0.15, 0.2) is 5.82 Å². The van der Waals surface area contributed by atoms with Gasteiger partial charge in [-0.2, -0.15) is 5.10 Å². The Balaban J connectivity index is 1.75. The van der Waals surface area contributed by atoms with Crippen LogP contribution in [-0.4, -0.2) is 27.8 Å². The van der Waals surface area contributed by atoms with E-state index in [4.69, 9.17) is 4.74 Å². The summed E-state index contributed by atoms with van der Waals surface area (Å²) >= 11 is 0. The molecule has 5 nitrogen and oxygen atoms in total. The number of nitrogens with zero attached hydrogens (tertiary/aromatic N) is 2. The summed E-state index contributed by atoms with van der Waals surface area (Å²) < 4.78 is 4.90. The number of carbonyl (C=O) groups excluding carboxylic acids is 1. The summed E-state index contributed by atoms with van der Waals surface area (Å²) in [7, 11) is 0. The summed E-state index contributed by atoms with van der Waals surface area (Å²) in [4.78, 5) is 15.8. The van der Waals surface area contributed by atoms with Crippen LogP contribution in [0.5, 0.6) is 0 Å². The van der Waals surface area contributed by atoms with E-state index in [2.05, 4.69) is 39.4 Å². The van der Waals surface area contributed by atoms with E-state index in [-0.39, 0.29) is 5.97 Å². The first-order valence-corrected chi connectivity index (χ1v) is 7.32. The van der Waals surface area contributed by atoms with Crippen molar-refractivity contribution in [1.29, 1.82) is 0 Å². The minimum atomic E-state index is -0.217. The molecule has 112 valence electrons. The molecule has 3 rings (SSSR count). The SMILES string of the molecule is CCOC(=O)CCc1nc(-c2ccc3ccccc3c2)n[nH]1. The van der Waals surface area contributed by atoms with Crippen LogP contribution in [0.15, 0.2) is 42.5 Å². The Morgan fingerprint density at radius 1 is 1.18 bits per heavy atom. The number of H-pyrrole nitrogens is 1. The number of carbonyl (C=O) groups is 1. The zero-order chi connectivity index (χ0) is 15.4. The molecule has 0 aliphatic rings. The maximum absolute atomic E-state index is 11.4. The van der Waals surface area contributed by atoms with Gasteiger partial charge in [-0.25, -0.2) is 4.98 Å². The average molecular weight is 295 g/mol. The lowest BCUT2D eigenvalue weighted by Gasteiger charge is -2.00. The summed E-state index contributed by atoms with van der Waals surface area (Å²) in [5, 5.41) is 9.45. The number of rotatable bonds is 5. The molecule has 0 radical (unpaired) electrons. The Bertz CT molecular complexity index is 795. The van der Waals surface area contributed by atoms with Crippen molar-refractivity contribution in [3.8, 4) is 11.4 Å². The van der Waals surface area contributed by atoms with Crippen LogP contribution in [0.25, 0.3) is 22.2 Å². The lowest BCUT2D eigenvalue weighted by atomic mass is 10.1. The van der Waals surface area contributed by atoms with Crippen LogP contribution < -0.4 is 0 Å². The van der Waals surface area contributed by atoms with Crippen molar-refractivity contribution in [3.05, 3.63) is 48.3 Å². The van der Waals surface area contributed by atoms with Crippen molar-refractivity contribution in [3.63, 3.8) is 0 Å². The number of fused-ring (bicyclic) bond motifs is 1. The lowest BCUT2D eigenvalue weighted by Crippen LogP contribution is -2.05. The van der Waals surface area contributed by atoms with Crippen molar-refractivity contribution < 1.29 is 9.53 Å². The zero-order valence-corrected chi connectivity index (χ0v) is 12.4. The van der Waals surface area contributed by atoms with Gasteiger partial charge in [0.1, 0.15) is 5.82 Å². The predicted octanol–water partition coefficient (Wildman–Crippen LogP) is 3.12. The predicted molar refractivity (Wildman–Crippen MR) is 84.3 cm³/mol. The van der Waals surface area contributed by atoms with E-state index in [0.717, 1.165) is 10.9 Å². The Morgan fingerprint density at radius 2 is 2.00 bits per heavy atom. The van der Waals surface area contributed by atoms with E-state index in [1.165, 1.54) is 5.39 Å². The van der Waals surface area contributed by atoms with Crippen LogP contribution in [0.3, 0.4) is 0 Å². The standard InChI is InChI=1S/C17H17N3O2/c1-2-22-16(21)10-9-15-18-17(20-19-15)14-8-7-12-5-3-4-6-13(12)11-14/h3-8,11H,2,9-10H2,1H3,(H,18,19,20). The Kier molecular flexibility index (Phi) is 4.14. The van der Waals surface area contributed by atoms with E-state index in [1.807, 2.05) is 18.2 Å². The third kappa shape index (κ3) is 3.14. The van der Waals surface area contributed by atoms with Gasteiger partial charge in [0.05, 0.1) is 13.0 Å². The molecule has 2 aromatic carbocycles. The van der Waals surface area contributed by atoms with Gasteiger partial charge >= 0.3 is 5.97 Å². The molecule has 0 aliphatic carbocycles. The molecule has 0 spiro atoms. The molecule has 0 bridgehead atoms. The molecular formula is C17H17N3O2. The van der Waals surface area contributed by atoms with Gasteiger partial charge in [0, 0.05) is 12.0 Å². The molecule has 1 heterocycles. The summed E-state index contributed by atoms with van der Waals surface area (Å²) in [6.07, 6.45) is 0.805. The molecule has 0 amide bonds. The number of aryl methyl sites for hydroxylation is 1. The van der Waals surface area contributed by atoms with Crippen molar-refractivity contribution in [2.24, 2.45) is 0 Å². The smallest absolute Gasteiger partial charge is 0.306 e. The number of hydrogen-bond donors (Lipinski definition) is 1. The fourth-order valence-corrected chi connectivity index (χ4v) is 2.32. The van der Waals surface area contributed by atoms with Crippen LogP contribution in [0.4, 0.5) is 0 Å². The summed E-state index contributed by atoms with van der Waals surface area (Å²) in [6, 6.07) is 14.3. The first-order valence-electron chi connectivity index (χ1n) is 7.32. The Labute approximate surface area is 128 Å². The van der Waals surface area contributed by atoms with Crippen LogP contribution in [-0.2, 0) is 16.0 Å². The first kappa shape index (κ1) is 14.3. The number of benzene rings is 2. The maximum atomic E-state index is 11.4. The molecule has 3 aromatic rings. The number of ether oxygens (including phenoxy) is 1. The Morgan fingerprint density at radius 3 is 2.82 bits per heavy atom. The first-order chi connectivity index (χ1) is 10.8. The zero-order valence-electron chi connectivity index (χ0n) is 12.4. The van der Waals surface area contributed by atoms with Crippen molar-refractivity contribution in [2.45, 2.75) is 19.8 Å². The maximum Gasteiger partial charge on any atom is 0.306 e. The van der Waals surface area contributed by atoms with Gasteiger partial charge in [-0.1, -0.05) is 36.4 Å². The molecule has 0 unspecified atom stereocenters. The van der Waals surface area contributed by atoms with Crippen LogP contribution in [0.2, 0.25) is 0 Å². The molecule has 1 N–H and O–H groups in total. The quantitative estimate of drug-likeness (QED) is 0.734. The summed E-state index contributed by atoms with van der Waals surface area (Å²) in [5.74, 6) is 1.12. The van der Waals surface area contributed by atoms with Gasteiger partial charge < -0.3 is 4.74 Å². The third-order valence-corrected chi connectivity index (χ3v) is 3.41. The summed E-state index contributed by atoms with van der Waals surface area (Å²) in [6.45, 7) is 2.20. The van der Waals surface area contributed by atoms with Crippen LogP contribution in [0, 0.1) is 0 Å². The minimum absolute atomic E-state index is 0.217. The highest BCUT2D eigenvalue weighted by Crippen LogP contribution is 2.21. The second-order valence-electron chi connectivity index (χ2n) is 4.97.